The first-order valence-electron chi connectivity index (χ1n) is 5.67. The lowest BCUT2D eigenvalue weighted by atomic mass is 9.66. The third kappa shape index (κ3) is 1.16. The van der Waals surface area contributed by atoms with Crippen molar-refractivity contribution in [3.63, 3.8) is 0 Å². The van der Waals surface area contributed by atoms with E-state index >= 15 is 0 Å². The van der Waals surface area contributed by atoms with Gasteiger partial charge in [-0.2, -0.15) is 0 Å². The second-order valence-corrected chi connectivity index (χ2v) is 5.52. The Morgan fingerprint density at radius 2 is 1.60 bits per heavy atom. The zero-order valence-electron chi connectivity index (χ0n) is 9.12. The maximum absolute atomic E-state index is 9.53. The minimum Gasteiger partial charge on any atom is -0.395 e. The van der Waals surface area contributed by atoms with Gasteiger partial charge in [-0.25, -0.2) is 0 Å². The molecule has 0 aromatic carbocycles. The Labute approximate surface area is 89.5 Å². The number of hydrogen-bond donors (Lipinski definition) is 1. The molecule has 1 N–H and O–H groups in total. The van der Waals surface area contributed by atoms with Gasteiger partial charge in [0.15, 0.2) is 0 Å². The molecule has 4 rings (SSSR count). The van der Waals surface area contributed by atoms with Crippen molar-refractivity contribution in [2.45, 2.75) is 32.2 Å². The molecule has 3 heterocycles. The molecule has 0 atom stereocenters. The van der Waals surface area contributed by atoms with Gasteiger partial charge in [-0.3, -0.25) is 0 Å². The summed E-state index contributed by atoms with van der Waals surface area (Å²) in [6, 6.07) is 0. The predicted molar refractivity (Wildman–Crippen MR) is 52.1 cm³/mol. The maximum Gasteiger partial charge on any atom is 0.291 e. The van der Waals surface area contributed by atoms with Crippen molar-refractivity contribution in [3.05, 3.63) is 0 Å². The maximum atomic E-state index is 9.53. The van der Waals surface area contributed by atoms with Crippen LogP contribution in [0.3, 0.4) is 0 Å². The van der Waals surface area contributed by atoms with Gasteiger partial charge in [-0.05, 0) is 12.8 Å². The lowest BCUT2D eigenvalue weighted by Gasteiger charge is -2.60. The molecule has 1 saturated carbocycles. The molecule has 15 heavy (non-hydrogen) atoms. The van der Waals surface area contributed by atoms with Crippen LogP contribution in [-0.4, -0.2) is 37.5 Å². The highest BCUT2D eigenvalue weighted by molar-refractivity contribution is 5.00. The van der Waals surface area contributed by atoms with Gasteiger partial charge in [0.1, 0.15) is 0 Å². The van der Waals surface area contributed by atoms with Gasteiger partial charge in [0.05, 0.1) is 31.8 Å². The van der Waals surface area contributed by atoms with E-state index < -0.39 is 5.97 Å². The van der Waals surface area contributed by atoms with Gasteiger partial charge in [0, 0.05) is 5.41 Å². The Morgan fingerprint density at radius 3 is 1.93 bits per heavy atom. The highest BCUT2D eigenvalue weighted by atomic mass is 16.9. The lowest BCUT2D eigenvalue weighted by molar-refractivity contribution is -0.513. The fourth-order valence-corrected chi connectivity index (χ4v) is 2.68. The van der Waals surface area contributed by atoms with Crippen LogP contribution in [0, 0.1) is 10.8 Å². The summed E-state index contributed by atoms with van der Waals surface area (Å²) in [5.74, 6) is -0.947. The van der Waals surface area contributed by atoms with Crippen LogP contribution in [0.1, 0.15) is 26.2 Å². The summed E-state index contributed by atoms with van der Waals surface area (Å²) in [5, 5.41) is 9.53. The van der Waals surface area contributed by atoms with E-state index in [0.29, 0.717) is 19.8 Å². The normalized spacial score (nSPS) is 47.6. The number of rotatable bonds is 2. The first-order chi connectivity index (χ1) is 7.14. The van der Waals surface area contributed by atoms with Crippen molar-refractivity contribution in [1.29, 1.82) is 0 Å². The smallest absolute Gasteiger partial charge is 0.291 e. The van der Waals surface area contributed by atoms with Crippen LogP contribution < -0.4 is 0 Å². The van der Waals surface area contributed by atoms with E-state index in [1.807, 2.05) is 0 Å². The Hall–Kier alpha value is -0.160. The van der Waals surface area contributed by atoms with Gasteiger partial charge < -0.3 is 19.3 Å². The van der Waals surface area contributed by atoms with E-state index in [-0.39, 0.29) is 17.4 Å². The monoisotopic (exact) mass is 214 g/mol. The van der Waals surface area contributed by atoms with E-state index in [4.69, 9.17) is 14.2 Å². The molecule has 4 heteroatoms. The standard InChI is InChI=1S/C11H18O4/c1-9-6-13-11(14-7-9,15-8-9)10(5-12)3-2-4-10/h12H,2-8H2,1H3. The van der Waals surface area contributed by atoms with Crippen molar-refractivity contribution in [2.24, 2.45) is 10.8 Å². The fraction of sp³-hybridized carbons (Fsp3) is 1.00. The SMILES string of the molecule is CC12COC(C3(CO)CCC3)(OC1)OC2. The molecule has 86 valence electrons. The third-order valence-electron chi connectivity index (χ3n) is 4.09. The largest absolute Gasteiger partial charge is 0.395 e. The van der Waals surface area contributed by atoms with Crippen LogP contribution in [0.25, 0.3) is 0 Å². The van der Waals surface area contributed by atoms with Crippen LogP contribution in [0.4, 0.5) is 0 Å². The molecule has 4 fully saturated rings. The number of ether oxygens (including phenoxy) is 3. The number of fused-ring (bicyclic) bond motifs is 3. The van der Waals surface area contributed by atoms with Crippen molar-refractivity contribution in [1.82, 2.24) is 0 Å². The highest BCUT2D eigenvalue weighted by Gasteiger charge is 2.64. The fourth-order valence-electron chi connectivity index (χ4n) is 2.68. The summed E-state index contributed by atoms with van der Waals surface area (Å²) in [6.45, 7) is 4.21. The van der Waals surface area contributed by atoms with E-state index in [1.54, 1.807) is 0 Å². The first-order valence-corrected chi connectivity index (χ1v) is 5.67. The average Bonchev–Trinajstić information content (AvgIpc) is 2.19. The molecule has 0 spiro atoms. The van der Waals surface area contributed by atoms with Crippen LogP contribution >= 0.6 is 0 Å². The Morgan fingerprint density at radius 1 is 1.07 bits per heavy atom. The van der Waals surface area contributed by atoms with Crippen molar-refractivity contribution in [3.8, 4) is 0 Å². The molecular weight excluding hydrogens is 196 g/mol. The van der Waals surface area contributed by atoms with Gasteiger partial charge >= 0.3 is 0 Å². The summed E-state index contributed by atoms with van der Waals surface area (Å²) >= 11 is 0. The Balaban J connectivity index is 1.86. The molecular formula is C11H18O4. The molecule has 3 aliphatic heterocycles. The summed E-state index contributed by atoms with van der Waals surface area (Å²) in [4.78, 5) is 0. The van der Waals surface area contributed by atoms with Crippen molar-refractivity contribution in [2.75, 3.05) is 26.4 Å². The topological polar surface area (TPSA) is 47.9 Å². The zero-order chi connectivity index (χ0) is 10.6. The van der Waals surface area contributed by atoms with Crippen LogP contribution in [0.2, 0.25) is 0 Å². The Bertz CT molecular complexity index is 242. The predicted octanol–water partition coefficient (Wildman–Crippen LogP) is 0.886. The molecule has 4 aliphatic rings. The van der Waals surface area contributed by atoms with Gasteiger partial charge in [0.2, 0.25) is 0 Å². The number of hydrogen-bond acceptors (Lipinski definition) is 4. The van der Waals surface area contributed by atoms with Gasteiger partial charge in [0.25, 0.3) is 5.97 Å². The zero-order valence-corrected chi connectivity index (χ0v) is 9.12. The molecule has 4 nitrogen and oxygen atoms in total. The van der Waals surface area contributed by atoms with Crippen LogP contribution in [0.15, 0.2) is 0 Å². The first kappa shape index (κ1) is 10.0. The molecule has 0 radical (unpaired) electrons. The summed E-state index contributed by atoms with van der Waals surface area (Å²) in [7, 11) is 0. The molecule has 0 aromatic rings. The molecule has 3 saturated heterocycles. The van der Waals surface area contributed by atoms with E-state index in [1.165, 1.54) is 0 Å². The van der Waals surface area contributed by atoms with Gasteiger partial charge in [-0.1, -0.05) is 13.3 Å². The molecule has 0 amide bonds. The molecule has 2 bridgehead atoms. The van der Waals surface area contributed by atoms with Crippen molar-refractivity contribution < 1.29 is 19.3 Å². The minimum absolute atomic E-state index is 0.00213. The van der Waals surface area contributed by atoms with Gasteiger partial charge in [-0.15, -0.1) is 0 Å². The second kappa shape index (κ2) is 2.94. The lowest BCUT2D eigenvalue weighted by Crippen LogP contribution is -2.68. The van der Waals surface area contributed by atoms with E-state index in [9.17, 15) is 5.11 Å². The second-order valence-electron chi connectivity index (χ2n) is 5.52. The average molecular weight is 214 g/mol. The van der Waals surface area contributed by atoms with Crippen LogP contribution in [-0.2, 0) is 14.2 Å². The number of aliphatic hydroxyl groups is 1. The van der Waals surface area contributed by atoms with E-state index in [2.05, 4.69) is 6.92 Å². The summed E-state index contributed by atoms with van der Waals surface area (Å²) < 4.78 is 17.3. The molecule has 0 aromatic heterocycles. The summed E-state index contributed by atoms with van der Waals surface area (Å²) in [5.41, 5.74) is -0.309. The van der Waals surface area contributed by atoms with Crippen LogP contribution in [0.5, 0.6) is 0 Å². The van der Waals surface area contributed by atoms with E-state index in [0.717, 1.165) is 19.3 Å². The third-order valence-corrected chi connectivity index (χ3v) is 4.09. The highest BCUT2D eigenvalue weighted by Crippen LogP contribution is 2.56. The van der Waals surface area contributed by atoms with Crippen molar-refractivity contribution >= 4 is 0 Å². The number of aliphatic hydroxyl groups excluding tert-OH is 1. The minimum atomic E-state index is -0.947. The summed E-state index contributed by atoms with van der Waals surface area (Å²) in [6.07, 6.45) is 2.98. The molecule has 1 aliphatic carbocycles. The quantitative estimate of drug-likeness (QED) is 0.741. The molecule has 0 unspecified atom stereocenters. The Kier molecular flexibility index (Phi) is 1.97.